The summed E-state index contributed by atoms with van der Waals surface area (Å²) in [5.74, 6) is 0.493. The third-order valence-electron chi connectivity index (χ3n) is 4.64. The standard InChI is InChI=1S/C18H24N4O3/c1-20(2)18(24)15-11-21(3)8-9-22(15)17(23)14-10-12-13(19-14)6-5-7-16(12)25-4/h5-7,10,15,19H,8-9,11H2,1-4H3. The molecular weight excluding hydrogens is 320 g/mol. The summed E-state index contributed by atoms with van der Waals surface area (Å²) in [6, 6.07) is 6.96. The normalized spacial score (nSPS) is 18.4. The van der Waals surface area contributed by atoms with E-state index in [9.17, 15) is 9.59 Å². The molecule has 1 aliphatic heterocycles. The number of carbonyl (C=O) groups excluding carboxylic acids is 2. The van der Waals surface area contributed by atoms with Crippen LogP contribution < -0.4 is 4.74 Å². The Kier molecular flexibility index (Phi) is 4.67. The summed E-state index contributed by atoms with van der Waals surface area (Å²) in [5.41, 5.74) is 1.31. The van der Waals surface area contributed by atoms with Gasteiger partial charge in [-0.05, 0) is 25.2 Å². The van der Waals surface area contributed by atoms with Gasteiger partial charge < -0.3 is 24.4 Å². The lowest BCUT2D eigenvalue weighted by atomic mass is 10.1. The van der Waals surface area contributed by atoms with Gasteiger partial charge in [0, 0.05) is 44.6 Å². The molecule has 1 saturated heterocycles. The fraction of sp³-hybridized carbons (Fsp3) is 0.444. The van der Waals surface area contributed by atoms with Crippen molar-refractivity contribution in [2.45, 2.75) is 6.04 Å². The monoisotopic (exact) mass is 344 g/mol. The van der Waals surface area contributed by atoms with Gasteiger partial charge in [0.25, 0.3) is 5.91 Å². The molecule has 1 aliphatic rings. The zero-order valence-corrected chi connectivity index (χ0v) is 15.1. The molecular formula is C18H24N4O3. The van der Waals surface area contributed by atoms with Crippen molar-refractivity contribution < 1.29 is 14.3 Å². The third-order valence-corrected chi connectivity index (χ3v) is 4.64. The van der Waals surface area contributed by atoms with E-state index < -0.39 is 6.04 Å². The number of piperazine rings is 1. The highest BCUT2D eigenvalue weighted by Crippen LogP contribution is 2.27. The molecule has 1 unspecified atom stereocenters. The van der Waals surface area contributed by atoms with Crippen LogP contribution >= 0.6 is 0 Å². The number of aromatic nitrogens is 1. The van der Waals surface area contributed by atoms with Crippen molar-refractivity contribution in [3.8, 4) is 5.75 Å². The van der Waals surface area contributed by atoms with Crippen LogP contribution in [-0.4, -0.2) is 85.4 Å². The molecule has 25 heavy (non-hydrogen) atoms. The Morgan fingerprint density at radius 1 is 1.28 bits per heavy atom. The maximum absolute atomic E-state index is 13.1. The molecule has 0 bridgehead atoms. The maximum atomic E-state index is 13.1. The van der Waals surface area contributed by atoms with Crippen LogP contribution in [0.4, 0.5) is 0 Å². The molecule has 1 atom stereocenters. The minimum Gasteiger partial charge on any atom is -0.496 e. The number of hydrogen-bond acceptors (Lipinski definition) is 4. The minimum absolute atomic E-state index is 0.0615. The first kappa shape index (κ1) is 17.3. The fourth-order valence-corrected chi connectivity index (χ4v) is 3.25. The third kappa shape index (κ3) is 3.19. The van der Waals surface area contributed by atoms with Crippen LogP contribution in [0.2, 0.25) is 0 Å². The fourth-order valence-electron chi connectivity index (χ4n) is 3.25. The molecule has 2 aromatic rings. The molecule has 7 nitrogen and oxygen atoms in total. The first-order chi connectivity index (χ1) is 11.9. The SMILES string of the molecule is COc1cccc2[nH]c(C(=O)N3CCN(C)CC3C(=O)N(C)C)cc12. The largest absolute Gasteiger partial charge is 0.496 e. The van der Waals surface area contributed by atoms with Crippen LogP contribution in [0.15, 0.2) is 24.3 Å². The topological polar surface area (TPSA) is 68.9 Å². The molecule has 7 heteroatoms. The van der Waals surface area contributed by atoms with E-state index in [-0.39, 0.29) is 11.8 Å². The lowest BCUT2D eigenvalue weighted by molar-refractivity contribution is -0.135. The van der Waals surface area contributed by atoms with Gasteiger partial charge in [-0.25, -0.2) is 0 Å². The molecule has 134 valence electrons. The summed E-state index contributed by atoms with van der Waals surface area (Å²) >= 11 is 0. The number of amides is 2. The second-order valence-corrected chi connectivity index (χ2v) is 6.61. The minimum atomic E-state index is -0.477. The van der Waals surface area contributed by atoms with Gasteiger partial charge in [0.2, 0.25) is 5.91 Å². The van der Waals surface area contributed by atoms with Gasteiger partial charge >= 0.3 is 0 Å². The van der Waals surface area contributed by atoms with E-state index in [1.807, 2.05) is 25.2 Å². The molecule has 2 heterocycles. The van der Waals surface area contributed by atoms with Crippen LogP contribution in [0.1, 0.15) is 10.5 Å². The average molecular weight is 344 g/mol. The molecule has 3 rings (SSSR count). The molecule has 1 N–H and O–H groups in total. The highest BCUT2D eigenvalue weighted by Gasteiger charge is 2.36. The van der Waals surface area contributed by atoms with Gasteiger partial charge in [-0.2, -0.15) is 0 Å². The van der Waals surface area contributed by atoms with Crippen LogP contribution in [-0.2, 0) is 4.79 Å². The van der Waals surface area contributed by atoms with Crippen LogP contribution in [0, 0.1) is 0 Å². The van der Waals surface area contributed by atoms with Gasteiger partial charge in [-0.1, -0.05) is 6.07 Å². The van der Waals surface area contributed by atoms with Crippen molar-refractivity contribution in [2.24, 2.45) is 0 Å². The average Bonchev–Trinajstić information content (AvgIpc) is 3.04. The number of hydrogen-bond donors (Lipinski definition) is 1. The predicted octanol–water partition coefficient (Wildman–Crippen LogP) is 1.02. The van der Waals surface area contributed by atoms with Gasteiger partial charge in [-0.15, -0.1) is 0 Å². The van der Waals surface area contributed by atoms with Crippen molar-refractivity contribution in [1.29, 1.82) is 0 Å². The number of methoxy groups -OCH3 is 1. The number of fused-ring (bicyclic) bond motifs is 1. The molecule has 0 radical (unpaired) electrons. The van der Waals surface area contributed by atoms with Gasteiger partial charge in [0.05, 0.1) is 7.11 Å². The van der Waals surface area contributed by atoms with Crippen LogP contribution in [0.3, 0.4) is 0 Å². The molecule has 2 amide bonds. The zero-order chi connectivity index (χ0) is 18.1. The molecule has 0 aliphatic carbocycles. The van der Waals surface area contributed by atoms with Gasteiger partial charge in [0.15, 0.2) is 0 Å². The lowest BCUT2D eigenvalue weighted by Gasteiger charge is -2.39. The first-order valence-corrected chi connectivity index (χ1v) is 8.28. The number of benzene rings is 1. The number of nitrogens with one attached hydrogen (secondary N) is 1. The van der Waals surface area contributed by atoms with E-state index in [2.05, 4.69) is 9.88 Å². The summed E-state index contributed by atoms with van der Waals surface area (Å²) in [6.07, 6.45) is 0. The maximum Gasteiger partial charge on any atom is 0.271 e. The summed E-state index contributed by atoms with van der Waals surface area (Å²) in [5, 5.41) is 0.859. The molecule has 0 saturated carbocycles. The second kappa shape index (κ2) is 6.76. The van der Waals surface area contributed by atoms with Gasteiger partial charge in [0.1, 0.15) is 17.5 Å². The highest BCUT2D eigenvalue weighted by atomic mass is 16.5. The molecule has 1 aromatic carbocycles. The first-order valence-electron chi connectivity index (χ1n) is 8.28. The van der Waals surface area contributed by atoms with E-state index in [4.69, 9.17) is 4.74 Å². The van der Waals surface area contributed by atoms with E-state index in [1.54, 1.807) is 37.1 Å². The highest BCUT2D eigenvalue weighted by molar-refractivity contribution is 6.01. The Morgan fingerprint density at radius 3 is 2.72 bits per heavy atom. The summed E-state index contributed by atoms with van der Waals surface area (Å²) in [6.45, 7) is 1.80. The molecule has 0 spiro atoms. The quantitative estimate of drug-likeness (QED) is 0.903. The van der Waals surface area contributed by atoms with E-state index >= 15 is 0 Å². The lowest BCUT2D eigenvalue weighted by Crippen LogP contribution is -2.59. The molecule has 1 aromatic heterocycles. The van der Waals surface area contributed by atoms with Crippen molar-refractivity contribution in [1.82, 2.24) is 19.7 Å². The van der Waals surface area contributed by atoms with Crippen molar-refractivity contribution >= 4 is 22.7 Å². The number of likely N-dealkylation sites (N-methyl/N-ethyl adjacent to an activating group) is 2. The summed E-state index contributed by atoms with van der Waals surface area (Å²) < 4.78 is 5.36. The molecule has 1 fully saturated rings. The van der Waals surface area contributed by atoms with Crippen LogP contribution in [0.25, 0.3) is 10.9 Å². The Labute approximate surface area is 147 Å². The van der Waals surface area contributed by atoms with E-state index in [0.717, 1.165) is 17.4 Å². The Balaban J connectivity index is 1.94. The smallest absolute Gasteiger partial charge is 0.271 e. The second-order valence-electron chi connectivity index (χ2n) is 6.61. The Bertz CT molecular complexity index is 799. The number of nitrogens with zero attached hydrogens (tertiary/aromatic N) is 3. The number of aromatic amines is 1. The van der Waals surface area contributed by atoms with Crippen molar-refractivity contribution in [3.63, 3.8) is 0 Å². The predicted molar refractivity (Wildman–Crippen MR) is 95.9 cm³/mol. The van der Waals surface area contributed by atoms with Crippen molar-refractivity contribution in [2.75, 3.05) is 47.9 Å². The van der Waals surface area contributed by atoms with Crippen LogP contribution in [0.5, 0.6) is 5.75 Å². The zero-order valence-electron chi connectivity index (χ0n) is 15.1. The summed E-state index contributed by atoms with van der Waals surface area (Å²) in [4.78, 5) is 34.1. The van der Waals surface area contributed by atoms with E-state index in [0.29, 0.717) is 24.5 Å². The summed E-state index contributed by atoms with van der Waals surface area (Å²) in [7, 11) is 7.00. The number of carbonyl (C=O) groups is 2. The Morgan fingerprint density at radius 2 is 2.04 bits per heavy atom. The Hall–Kier alpha value is -2.54. The number of H-pyrrole nitrogens is 1. The number of ether oxygens (including phenoxy) is 1. The van der Waals surface area contributed by atoms with E-state index in [1.165, 1.54) is 0 Å². The number of rotatable bonds is 3. The van der Waals surface area contributed by atoms with Gasteiger partial charge in [-0.3, -0.25) is 9.59 Å². The van der Waals surface area contributed by atoms with Crippen molar-refractivity contribution in [3.05, 3.63) is 30.0 Å².